The van der Waals surface area contributed by atoms with Crippen LogP contribution in [0.15, 0.2) is 23.8 Å². The summed E-state index contributed by atoms with van der Waals surface area (Å²) in [5.74, 6) is 5.84. The van der Waals surface area contributed by atoms with Crippen molar-refractivity contribution >= 4 is 0 Å². The van der Waals surface area contributed by atoms with Crippen molar-refractivity contribution in [3.8, 4) is 11.8 Å². The molecule has 0 aromatic carbocycles. The van der Waals surface area contributed by atoms with E-state index in [4.69, 9.17) is 5.73 Å². The minimum Gasteiger partial charge on any atom is -0.324 e. The van der Waals surface area contributed by atoms with Gasteiger partial charge in [0.15, 0.2) is 0 Å². The van der Waals surface area contributed by atoms with Crippen LogP contribution in [0.2, 0.25) is 0 Å². The van der Waals surface area contributed by atoms with Crippen molar-refractivity contribution in [2.45, 2.75) is 19.4 Å². The van der Waals surface area contributed by atoms with E-state index in [1.807, 2.05) is 25.2 Å². The Morgan fingerprint density at radius 2 is 2.50 bits per heavy atom. The van der Waals surface area contributed by atoms with Crippen LogP contribution in [0.1, 0.15) is 13.3 Å². The van der Waals surface area contributed by atoms with Crippen molar-refractivity contribution < 1.29 is 0 Å². The van der Waals surface area contributed by atoms with E-state index >= 15 is 0 Å². The number of hydrogen-bond donors (Lipinski definition) is 1. The summed E-state index contributed by atoms with van der Waals surface area (Å²) >= 11 is 0. The summed E-state index contributed by atoms with van der Waals surface area (Å²) in [6, 6.07) is 0.167. The maximum absolute atomic E-state index is 5.66. The Hall–Kier alpha value is -1.00. The van der Waals surface area contributed by atoms with Gasteiger partial charge in [0.05, 0.1) is 0 Å². The molecule has 10 heavy (non-hydrogen) atoms. The number of hydrogen-bond acceptors (Lipinski definition) is 1. The predicted molar refractivity (Wildman–Crippen MR) is 43.3 cm³/mol. The number of nitrogens with two attached hydrogens (primary N) is 1. The van der Waals surface area contributed by atoms with E-state index in [-0.39, 0.29) is 6.04 Å². The summed E-state index contributed by atoms with van der Waals surface area (Å²) in [4.78, 5) is 0. The first kappa shape index (κ1) is 7.11. The fraction of sp³-hybridized carbons (Fsp3) is 0.333. The van der Waals surface area contributed by atoms with Crippen LogP contribution >= 0.6 is 0 Å². The van der Waals surface area contributed by atoms with Crippen LogP contribution in [0, 0.1) is 11.8 Å². The number of rotatable bonds is 0. The highest BCUT2D eigenvalue weighted by atomic mass is 14.6. The Kier molecular flexibility index (Phi) is 2.30. The van der Waals surface area contributed by atoms with Crippen LogP contribution in [-0.4, -0.2) is 6.04 Å². The Bertz CT molecular complexity index is 225. The van der Waals surface area contributed by atoms with Crippen LogP contribution in [0.3, 0.4) is 0 Å². The Balaban J connectivity index is 2.67. The summed E-state index contributed by atoms with van der Waals surface area (Å²) in [5.41, 5.74) is 6.80. The van der Waals surface area contributed by atoms with Crippen LogP contribution in [0.4, 0.5) is 0 Å². The normalized spacial score (nSPS) is 23.0. The molecule has 0 saturated heterocycles. The average Bonchev–Trinajstić information content (AvgIpc) is 1.88. The molecule has 0 spiro atoms. The van der Waals surface area contributed by atoms with E-state index in [0.717, 1.165) is 12.0 Å². The molecule has 1 aliphatic carbocycles. The first-order valence-electron chi connectivity index (χ1n) is 3.38. The lowest BCUT2D eigenvalue weighted by atomic mass is 10.0. The standard InChI is InChI=1S/C9H11N/c1-2-4-8-5-3-6-9(10)7-8/h3,5-6,9H,7,10H2,1H3. The van der Waals surface area contributed by atoms with Gasteiger partial charge in [0, 0.05) is 11.6 Å². The summed E-state index contributed by atoms with van der Waals surface area (Å²) in [6.45, 7) is 1.84. The van der Waals surface area contributed by atoms with E-state index in [1.165, 1.54) is 0 Å². The van der Waals surface area contributed by atoms with Crippen LogP contribution in [0.5, 0.6) is 0 Å². The minimum atomic E-state index is 0.167. The molecule has 0 amide bonds. The van der Waals surface area contributed by atoms with Crippen molar-refractivity contribution in [3.63, 3.8) is 0 Å². The molecule has 0 aliphatic heterocycles. The molecular formula is C9H11N. The van der Waals surface area contributed by atoms with E-state index < -0.39 is 0 Å². The second-order valence-electron chi connectivity index (χ2n) is 2.32. The molecule has 52 valence electrons. The van der Waals surface area contributed by atoms with Gasteiger partial charge < -0.3 is 5.73 Å². The summed E-state index contributed by atoms with van der Waals surface area (Å²) in [5, 5.41) is 0. The maximum atomic E-state index is 5.66. The first-order chi connectivity index (χ1) is 4.83. The molecular weight excluding hydrogens is 122 g/mol. The van der Waals surface area contributed by atoms with Crippen molar-refractivity contribution in [2.24, 2.45) is 5.73 Å². The smallest absolute Gasteiger partial charge is 0.0274 e. The van der Waals surface area contributed by atoms with Gasteiger partial charge in [-0.1, -0.05) is 24.1 Å². The predicted octanol–water partition coefficient (Wildman–Crippen LogP) is 1.22. The average molecular weight is 133 g/mol. The molecule has 0 radical (unpaired) electrons. The van der Waals surface area contributed by atoms with Crippen molar-refractivity contribution in [3.05, 3.63) is 23.8 Å². The van der Waals surface area contributed by atoms with Gasteiger partial charge in [-0.2, -0.15) is 0 Å². The zero-order chi connectivity index (χ0) is 7.40. The van der Waals surface area contributed by atoms with Gasteiger partial charge in [-0.3, -0.25) is 0 Å². The van der Waals surface area contributed by atoms with Gasteiger partial charge in [-0.15, -0.1) is 5.92 Å². The molecule has 1 atom stereocenters. The number of allylic oxidation sites excluding steroid dienone is 2. The Morgan fingerprint density at radius 1 is 1.70 bits per heavy atom. The van der Waals surface area contributed by atoms with Gasteiger partial charge in [0.2, 0.25) is 0 Å². The van der Waals surface area contributed by atoms with E-state index in [1.54, 1.807) is 0 Å². The zero-order valence-corrected chi connectivity index (χ0v) is 6.09. The van der Waals surface area contributed by atoms with Gasteiger partial charge in [0.25, 0.3) is 0 Å². The van der Waals surface area contributed by atoms with Gasteiger partial charge in [0.1, 0.15) is 0 Å². The SMILES string of the molecule is CC#CC1=CC=CC(N)C1. The molecule has 1 heteroatoms. The molecule has 0 bridgehead atoms. The topological polar surface area (TPSA) is 26.0 Å². The second-order valence-corrected chi connectivity index (χ2v) is 2.32. The highest BCUT2D eigenvalue weighted by Crippen LogP contribution is 2.09. The van der Waals surface area contributed by atoms with Crippen LogP contribution in [0.25, 0.3) is 0 Å². The quantitative estimate of drug-likeness (QED) is 0.494. The van der Waals surface area contributed by atoms with Crippen molar-refractivity contribution in [1.82, 2.24) is 0 Å². The molecule has 0 saturated carbocycles. The Morgan fingerprint density at radius 3 is 3.10 bits per heavy atom. The molecule has 1 unspecified atom stereocenters. The lowest BCUT2D eigenvalue weighted by Gasteiger charge is -2.08. The van der Waals surface area contributed by atoms with Gasteiger partial charge in [-0.25, -0.2) is 0 Å². The molecule has 2 N–H and O–H groups in total. The Labute approximate surface area is 61.6 Å². The van der Waals surface area contributed by atoms with Crippen molar-refractivity contribution in [1.29, 1.82) is 0 Å². The largest absolute Gasteiger partial charge is 0.324 e. The summed E-state index contributed by atoms with van der Waals surface area (Å²) < 4.78 is 0. The third kappa shape index (κ3) is 1.75. The van der Waals surface area contributed by atoms with Gasteiger partial charge >= 0.3 is 0 Å². The molecule has 1 rings (SSSR count). The summed E-state index contributed by atoms with van der Waals surface area (Å²) in [6.07, 6.45) is 6.85. The minimum absolute atomic E-state index is 0.167. The molecule has 0 fully saturated rings. The fourth-order valence-corrected chi connectivity index (χ4v) is 0.958. The lowest BCUT2D eigenvalue weighted by Crippen LogP contribution is -2.18. The molecule has 1 nitrogen and oxygen atoms in total. The zero-order valence-electron chi connectivity index (χ0n) is 6.09. The monoisotopic (exact) mass is 133 g/mol. The third-order valence-electron chi connectivity index (χ3n) is 1.40. The van der Waals surface area contributed by atoms with E-state index in [9.17, 15) is 0 Å². The highest BCUT2D eigenvalue weighted by molar-refractivity contribution is 5.35. The van der Waals surface area contributed by atoms with E-state index in [2.05, 4.69) is 11.8 Å². The van der Waals surface area contributed by atoms with Gasteiger partial charge in [-0.05, 0) is 13.3 Å². The highest BCUT2D eigenvalue weighted by Gasteiger charge is 2.02. The first-order valence-corrected chi connectivity index (χ1v) is 3.38. The van der Waals surface area contributed by atoms with Crippen LogP contribution in [-0.2, 0) is 0 Å². The molecule has 0 heterocycles. The summed E-state index contributed by atoms with van der Waals surface area (Å²) in [7, 11) is 0. The molecule has 1 aliphatic rings. The molecule has 0 aromatic rings. The maximum Gasteiger partial charge on any atom is 0.0274 e. The molecule has 0 aromatic heterocycles. The lowest BCUT2D eigenvalue weighted by molar-refractivity contribution is 0.807. The second kappa shape index (κ2) is 3.24. The van der Waals surface area contributed by atoms with Crippen LogP contribution < -0.4 is 5.73 Å². The van der Waals surface area contributed by atoms with Crippen molar-refractivity contribution in [2.75, 3.05) is 0 Å². The van der Waals surface area contributed by atoms with E-state index in [0.29, 0.717) is 0 Å². The fourth-order valence-electron chi connectivity index (χ4n) is 0.958. The third-order valence-corrected chi connectivity index (χ3v) is 1.40.